The maximum atomic E-state index is 11.9. The monoisotopic (exact) mass is 292 g/mol. The third kappa shape index (κ3) is 4.42. The van der Waals surface area contributed by atoms with Crippen molar-refractivity contribution in [1.29, 1.82) is 0 Å². The lowest BCUT2D eigenvalue weighted by Gasteiger charge is -2.17. The Kier molecular flexibility index (Phi) is 6.35. The average Bonchev–Trinajstić information content (AvgIpc) is 2.29. The van der Waals surface area contributed by atoms with Crippen LogP contribution < -0.4 is 5.32 Å². The Morgan fingerprint density at radius 1 is 1.56 bits per heavy atom. The topological polar surface area (TPSA) is 71.5 Å². The minimum Gasteiger partial charge on any atom is -0.396 e. The van der Waals surface area contributed by atoms with Crippen molar-refractivity contribution in [2.24, 2.45) is 0 Å². The smallest absolute Gasteiger partial charge is 0.254 e. The number of carbonyl (C=O) groups excluding carboxylic acids is 1. The molecule has 0 aliphatic carbocycles. The SMILES string of the molecule is COCC(CCO)NC(=O)c1ccc(Cl)nc1Cl. The number of halogens is 2. The summed E-state index contributed by atoms with van der Waals surface area (Å²) in [4.78, 5) is 15.7. The van der Waals surface area contributed by atoms with Crippen LogP contribution in [-0.4, -0.2) is 42.4 Å². The first-order valence-electron chi connectivity index (χ1n) is 5.31. The maximum absolute atomic E-state index is 11.9. The highest BCUT2D eigenvalue weighted by Crippen LogP contribution is 2.16. The number of carbonyl (C=O) groups is 1. The van der Waals surface area contributed by atoms with Gasteiger partial charge in [0.25, 0.3) is 5.91 Å². The zero-order valence-corrected chi connectivity index (χ0v) is 11.3. The Balaban J connectivity index is 2.73. The summed E-state index contributed by atoms with van der Waals surface area (Å²) >= 11 is 11.5. The largest absolute Gasteiger partial charge is 0.396 e. The van der Waals surface area contributed by atoms with E-state index in [-0.39, 0.29) is 34.4 Å². The molecular weight excluding hydrogens is 279 g/mol. The van der Waals surface area contributed by atoms with E-state index in [1.807, 2.05) is 0 Å². The molecule has 1 amide bonds. The van der Waals surface area contributed by atoms with Crippen molar-refractivity contribution in [3.63, 3.8) is 0 Å². The van der Waals surface area contributed by atoms with E-state index in [1.54, 1.807) is 0 Å². The van der Waals surface area contributed by atoms with Crippen LogP contribution in [0.5, 0.6) is 0 Å². The molecule has 1 unspecified atom stereocenters. The number of pyridine rings is 1. The molecule has 1 atom stereocenters. The molecule has 5 nitrogen and oxygen atoms in total. The van der Waals surface area contributed by atoms with Crippen LogP contribution in [0.3, 0.4) is 0 Å². The average molecular weight is 293 g/mol. The molecule has 0 bridgehead atoms. The molecule has 0 aliphatic heterocycles. The summed E-state index contributed by atoms with van der Waals surface area (Å²) in [6.07, 6.45) is 0.401. The lowest BCUT2D eigenvalue weighted by molar-refractivity contribution is 0.0878. The Bertz CT molecular complexity index is 409. The fourth-order valence-corrected chi connectivity index (χ4v) is 1.83. The van der Waals surface area contributed by atoms with Crippen LogP contribution in [0.4, 0.5) is 0 Å². The maximum Gasteiger partial charge on any atom is 0.254 e. The van der Waals surface area contributed by atoms with Gasteiger partial charge in [0, 0.05) is 13.7 Å². The van der Waals surface area contributed by atoms with E-state index in [1.165, 1.54) is 19.2 Å². The third-order valence-electron chi connectivity index (χ3n) is 2.24. The number of methoxy groups -OCH3 is 1. The molecule has 0 fully saturated rings. The van der Waals surface area contributed by atoms with Crippen LogP contribution >= 0.6 is 23.2 Å². The van der Waals surface area contributed by atoms with Crippen LogP contribution in [0.25, 0.3) is 0 Å². The minimum atomic E-state index is -0.375. The molecule has 0 saturated carbocycles. The number of hydrogen-bond acceptors (Lipinski definition) is 4. The van der Waals surface area contributed by atoms with Crippen LogP contribution in [0.15, 0.2) is 12.1 Å². The third-order valence-corrected chi connectivity index (χ3v) is 2.74. The zero-order chi connectivity index (χ0) is 13.5. The van der Waals surface area contributed by atoms with Crippen molar-refractivity contribution < 1.29 is 14.6 Å². The van der Waals surface area contributed by atoms with Gasteiger partial charge in [0.2, 0.25) is 0 Å². The molecule has 2 N–H and O–H groups in total. The molecular formula is C11H14Cl2N2O3. The van der Waals surface area contributed by atoms with Crippen LogP contribution in [-0.2, 0) is 4.74 Å². The lowest BCUT2D eigenvalue weighted by Crippen LogP contribution is -2.38. The van der Waals surface area contributed by atoms with E-state index in [0.29, 0.717) is 13.0 Å². The van der Waals surface area contributed by atoms with Gasteiger partial charge in [-0.1, -0.05) is 23.2 Å². The van der Waals surface area contributed by atoms with Crippen molar-refractivity contribution >= 4 is 29.1 Å². The predicted molar refractivity (Wildman–Crippen MR) is 69.1 cm³/mol. The first-order chi connectivity index (χ1) is 8.58. The van der Waals surface area contributed by atoms with Gasteiger partial charge in [0.1, 0.15) is 10.3 Å². The van der Waals surface area contributed by atoms with Crippen molar-refractivity contribution in [3.8, 4) is 0 Å². The number of nitrogens with zero attached hydrogens (tertiary/aromatic N) is 1. The summed E-state index contributed by atoms with van der Waals surface area (Å²) in [5, 5.41) is 11.8. The molecule has 0 aliphatic rings. The number of hydrogen-bond donors (Lipinski definition) is 2. The highest BCUT2D eigenvalue weighted by Gasteiger charge is 2.16. The van der Waals surface area contributed by atoms with Gasteiger partial charge in [-0.05, 0) is 18.6 Å². The van der Waals surface area contributed by atoms with Crippen LogP contribution in [0.2, 0.25) is 10.3 Å². The number of amides is 1. The molecule has 1 rings (SSSR count). The molecule has 0 spiro atoms. The zero-order valence-electron chi connectivity index (χ0n) is 9.82. The van der Waals surface area contributed by atoms with Gasteiger partial charge in [-0.3, -0.25) is 4.79 Å². The Labute approximate surface area is 115 Å². The summed E-state index contributed by atoms with van der Waals surface area (Å²) in [6, 6.07) is 2.70. The number of aliphatic hydroxyl groups is 1. The molecule has 1 aromatic heterocycles. The number of rotatable bonds is 6. The van der Waals surface area contributed by atoms with Gasteiger partial charge < -0.3 is 15.2 Å². The van der Waals surface area contributed by atoms with Crippen molar-refractivity contribution in [3.05, 3.63) is 28.0 Å². The molecule has 0 radical (unpaired) electrons. The summed E-state index contributed by atoms with van der Waals surface area (Å²) < 4.78 is 4.95. The molecule has 100 valence electrons. The summed E-state index contributed by atoms with van der Waals surface area (Å²) in [6.45, 7) is 0.270. The molecule has 18 heavy (non-hydrogen) atoms. The van der Waals surface area contributed by atoms with Gasteiger partial charge in [0.15, 0.2) is 0 Å². The van der Waals surface area contributed by atoms with Gasteiger partial charge in [-0.25, -0.2) is 4.98 Å². The van der Waals surface area contributed by atoms with Gasteiger partial charge in [-0.15, -0.1) is 0 Å². The van der Waals surface area contributed by atoms with Crippen molar-refractivity contribution in [2.45, 2.75) is 12.5 Å². The number of ether oxygens (including phenoxy) is 1. The van der Waals surface area contributed by atoms with Gasteiger partial charge in [-0.2, -0.15) is 0 Å². The Morgan fingerprint density at radius 3 is 2.83 bits per heavy atom. The molecule has 7 heteroatoms. The normalized spacial score (nSPS) is 12.2. The Hall–Kier alpha value is -0.880. The molecule has 0 saturated heterocycles. The summed E-state index contributed by atoms with van der Waals surface area (Å²) in [7, 11) is 1.52. The lowest BCUT2D eigenvalue weighted by atomic mass is 10.2. The predicted octanol–water partition coefficient (Wildman–Crippen LogP) is 1.52. The first kappa shape index (κ1) is 15.2. The van der Waals surface area contributed by atoms with Crippen LogP contribution in [0.1, 0.15) is 16.8 Å². The van der Waals surface area contributed by atoms with Gasteiger partial charge in [0.05, 0.1) is 18.2 Å². The van der Waals surface area contributed by atoms with E-state index in [0.717, 1.165) is 0 Å². The number of nitrogens with one attached hydrogen (secondary N) is 1. The minimum absolute atomic E-state index is 0.0408. The molecule has 1 heterocycles. The fourth-order valence-electron chi connectivity index (χ4n) is 1.40. The van der Waals surface area contributed by atoms with E-state index in [4.69, 9.17) is 33.0 Å². The summed E-state index contributed by atoms with van der Waals surface area (Å²) in [5.41, 5.74) is 0.236. The Morgan fingerprint density at radius 2 is 2.28 bits per heavy atom. The van der Waals surface area contributed by atoms with Gasteiger partial charge >= 0.3 is 0 Å². The number of aromatic nitrogens is 1. The first-order valence-corrected chi connectivity index (χ1v) is 6.06. The number of aliphatic hydroxyl groups excluding tert-OH is 1. The quantitative estimate of drug-likeness (QED) is 0.780. The van der Waals surface area contributed by atoms with Crippen molar-refractivity contribution in [1.82, 2.24) is 10.3 Å². The van der Waals surface area contributed by atoms with E-state index >= 15 is 0 Å². The summed E-state index contributed by atoms with van der Waals surface area (Å²) in [5.74, 6) is -0.375. The second-order valence-electron chi connectivity index (χ2n) is 3.61. The second kappa shape index (κ2) is 7.53. The van der Waals surface area contributed by atoms with E-state index in [2.05, 4.69) is 10.3 Å². The highest BCUT2D eigenvalue weighted by atomic mass is 35.5. The molecule has 1 aromatic rings. The fraction of sp³-hybridized carbons (Fsp3) is 0.455. The standard InChI is InChI=1S/C11H14Cl2N2O3/c1-18-6-7(4-5-16)14-11(17)8-2-3-9(12)15-10(8)13/h2-3,7,16H,4-6H2,1H3,(H,14,17). The van der Waals surface area contributed by atoms with Crippen molar-refractivity contribution in [2.75, 3.05) is 20.3 Å². The van der Waals surface area contributed by atoms with E-state index < -0.39 is 0 Å². The van der Waals surface area contributed by atoms with Crippen LogP contribution in [0, 0.1) is 0 Å². The highest BCUT2D eigenvalue weighted by molar-refractivity contribution is 6.34. The van der Waals surface area contributed by atoms with E-state index in [9.17, 15) is 4.79 Å². The molecule has 0 aromatic carbocycles. The second-order valence-corrected chi connectivity index (χ2v) is 4.36.